The molecule has 0 aromatic heterocycles. The summed E-state index contributed by atoms with van der Waals surface area (Å²) >= 11 is 0. The predicted molar refractivity (Wildman–Crippen MR) is 72.8 cm³/mol. The van der Waals surface area contributed by atoms with Crippen molar-refractivity contribution in [3.05, 3.63) is 35.4 Å². The van der Waals surface area contributed by atoms with Gasteiger partial charge in [-0.05, 0) is 42.4 Å². The molecule has 1 aromatic carbocycles. The number of benzene rings is 1. The number of carbonyl (C=O) groups is 1. The van der Waals surface area contributed by atoms with E-state index in [1.54, 1.807) is 0 Å². The van der Waals surface area contributed by atoms with Gasteiger partial charge in [0.2, 0.25) is 0 Å². The summed E-state index contributed by atoms with van der Waals surface area (Å²) in [5.41, 5.74) is 2.01. The average molecular weight is 246 g/mol. The molecule has 18 heavy (non-hydrogen) atoms. The molecule has 0 radical (unpaired) electrons. The van der Waals surface area contributed by atoms with Gasteiger partial charge in [0, 0.05) is 0 Å². The van der Waals surface area contributed by atoms with E-state index in [0.29, 0.717) is 11.5 Å². The van der Waals surface area contributed by atoms with Crippen LogP contribution in [0.15, 0.2) is 24.3 Å². The fourth-order valence-electron chi connectivity index (χ4n) is 2.83. The second-order valence-electron chi connectivity index (χ2n) is 5.42. The highest BCUT2D eigenvalue weighted by Crippen LogP contribution is 2.33. The average Bonchev–Trinajstić information content (AvgIpc) is 2.63. The lowest BCUT2D eigenvalue weighted by molar-refractivity contribution is 0.0600. The Morgan fingerprint density at radius 3 is 2.50 bits per heavy atom. The lowest BCUT2D eigenvalue weighted by Gasteiger charge is -2.14. The Bertz CT molecular complexity index is 394. The van der Waals surface area contributed by atoms with E-state index in [2.05, 4.69) is 19.1 Å². The first-order valence-corrected chi connectivity index (χ1v) is 6.89. The number of hydrogen-bond acceptors (Lipinski definition) is 2. The molecular weight excluding hydrogens is 224 g/mol. The maximum Gasteiger partial charge on any atom is 0.337 e. The first-order chi connectivity index (χ1) is 8.70. The molecule has 1 fully saturated rings. The summed E-state index contributed by atoms with van der Waals surface area (Å²) in [6.07, 6.45) is 6.56. The van der Waals surface area contributed by atoms with Gasteiger partial charge in [-0.3, -0.25) is 0 Å². The Morgan fingerprint density at radius 1 is 1.11 bits per heavy atom. The van der Waals surface area contributed by atoms with E-state index in [9.17, 15) is 4.79 Å². The minimum Gasteiger partial charge on any atom is -0.465 e. The number of methoxy groups -OCH3 is 1. The van der Waals surface area contributed by atoms with Crippen LogP contribution in [0.25, 0.3) is 0 Å². The highest BCUT2D eigenvalue weighted by Gasteiger charge is 2.18. The molecule has 0 amide bonds. The third-order valence-corrected chi connectivity index (χ3v) is 4.06. The van der Waals surface area contributed by atoms with E-state index in [1.807, 2.05) is 12.1 Å². The van der Waals surface area contributed by atoms with Crippen LogP contribution in [-0.2, 0) is 4.74 Å². The summed E-state index contributed by atoms with van der Waals surface area (Å²) in [6, 6.07) is 7.95. The Morgan fingerprint density at radius 2 is 1.83 bits per heavy atom. The fraction of sp³-hybridized carbons (Fsp3) is 0.562. The Kier molecular flexibility index (Phi) is 4.40. The molecule has 2 atom stereocenters. The van der Waals surface area contributed by atoms with Crippen molar-refractivity contribution in [2.45, 2.75) is 44.9 Å². The van der Waals surface area contributed by atoms with Crippen molar-refractivity contribution in [3.63, 3.8) is 0 Å². The molecule has 0 spiro atoms. The summed E-state index contributed by atoms with van der Waals surface area (Å²) in [5.74, 6) is 1.28. The molecule has 2 heteroatoms. The first kappa shape index (κ1) is 13.1. The molecule has 98 valence electrons. The molecule has 1 saturated carbocycles. The van der Waals surface area contributed by atoms with Gasteiger partial charge >= 0.3 is 5.97 Å². The van der Waals surface area contributed by atoms with Crippen LogP contribution in [0.2, 0.25) is 0 Å². The van der Waals surface area contributed by atoms with Gasteiger partial charge in [-0.15, -0.1) is 0 Å². The predicted octanol–water partition coefficient (Wildman–Crippen LogP) is 4.16. The second kappa shape index (κ2) is 6.03. The van der Waals surface area contributed by atoms with Crippen LogP contribution >= 0.6 is 0 Å². The molecule has 2 unspecified atom stereocenters. The molecule has 2 nitrogen and oxygen atoms in total. The van der Waals surface area contributed by atoms with E-state index < -0.39 is 0 Å². The number of ether oxygens (including phenoxy) is 1. The minimum atomic E-state index is -0.254. The molecule has 1 aliphatic rings. The van der Waals surface area contributed by atoms with Crippen molar-refractivity contribution in [3.8, 4) is 0 Å². The van der Waals surface area contributed by atoms with E-state index in [0.717, 1.165) is 5.92 Å². The lowest BCUT2D eigenvalue weighted by Crippen LogP contribution is -2.02. The van der Waals surface area contributed by atoms with E-state index in [-0.39, 0.29) is 5.97 Å². The van der Waals surface area contributed by atoms with Gasteiger partial charge in [-0.1, -0.05) is 38.3 Å². The SMILES string of the molecule is COC(=O)c1ccc(C2CCCC(C)CC2)cc1. The molecule has 0 bridgehead atoms. The van der Waals surface area contributed by atoms with Crippen LogP contribution in [0.4, 0.5) is 0 Å². The van der Waals surface area contributed by atoms with E-state index in [4.69, 9.17) is 4.74 Å². The summed E-state index contributed by atoms with van der Waals surface area (Å²) in [4.78, 5) is 11.4. The first-order valence-electron chi connectivity index (χ1n) is 6.89. The van der Waals surface area contributed by atoms with E-state index in [1.165, 1.54) is 44.8 Å². The molecule has 1 aromatic rings. The standard InChI is InChI=1S/C16H22O2/c1-12-4-3-5-13(7-6-12)14-8-10-15(11-9-14)16(17)18-2/h8-13H,3-7H2,1-2H3. The zero-order chi connectivity index (χ0) is 13.0. The number of rotatable bonds is 2. The number of carbonyl (C=O) groups excluding carboxylic acids is 1. The normalized spacial score (nSPS) is 24.3. The molecular formula is C16H22O2. The van der Waals surface area contributed by atoms with Gasteiger partial charge in [0.15, 0.2) is 0 Å². The number of hydrogen-bond donors (Lipinski definition) is 0. The monoisotopic (exact) mass is 246 g/mol. The maximum atomic E-state index is 11.4. The van der Waals surface area contributed by atoms with Gasteiger partial charge < -0.3 is 4.74 Å². The number of esters is 1. The van der Waals surface area contributed by atoms with Crippen LogP contribution in [-0.4, -0.2) is 13.1 Å². The molecule has 1 aliphatic carbocycles. The molecule has 0 aliphatic heterocycles. The molecule has 0 saturated heterocycles. The van der Waals surface area contributed by atoms with Crippen LogP contribution in [0.3, 0.4) is 0 Å². The van der Waals surface area contributed by atoms with Gasteiger partial charge in [-0.2, -0.15) is 0 Å². The second-order valence-corrected chi connectivity index (χ2v) is 5.42. The highest BCUT2D eigenvalue weighted by atomic mass is 16.5. The Hall–Kier alpha value is -1.31. The van der Waals surface area contributed by atoms with Crippen molar-refractivity contribution in [1.82, 2.24) is 0 Å². The lowest BCUT2D eigenvalue weighted by atomic mass is 9.91. The zero-order valence-corrected chi connectivity index (χ0v) is 11.3. The quantitative estimate of drug-likeness (QED) is 0.578. The smallest absolute Gasteiger partial charge is 0.337 e. The van der Waals surface area contributed by atoms with Crippen LogP contribution in [0.1, 0.15) is 60.9 Å². The van der Waals surface area contributed by atoms with Gasteiger partial charge in [0.05, 0.1) is 12.7 Å². The zero-order valence-electron chi connectivity index (χ0n) is 11.3. The van der Waals surface area contributed by atoms with Crippen molar-refractivity contribution < 1.29 is 9.53 Å². The van der Waals surface area contributed by atoms with Gasteiger partial charge in [0.1, 0.15) is 0 Å². The maximum absolute atomic E-state index is 11.4. The largest absolute Gasteiger partial charge is 0.465 e. The van der Waals surface area contributed by atoms with Crippen LogP contribution in [0, 0.1) is 5.92 Å². The fourth-order valence-corrected chi connectivity index (χ4v) is 2.83. The highest BCUT2D eigenvalue weighted by molar-refractivity contribution is 5.89. The summed E-state index contributed by atoms with van der Waals surface area (Å²) in [7, 11) is 1.42. The van der Waals surface area contributed by atoms with E-state index >= 15 is 0 Å². The van der Waals surface area contributed by atoms with Crippen molar-refractivity contribution in [2.75, 3.05) is 7.11 Å². The van der Waals surface area contributed by atoms with Crippen molar-refractivity contribution in [2.24, 2.45) is 5.92 Å². The summed E-state index contributed by atoms with van der Waals surface area (Å²) < 4.78 is 4.72. The van der Waals surface area contributed by atoms with Crippen molar-refractivity contribution in [1.29, 1.82) is 0 Å². The van der Waals surface area contributed by atoms with Gasteiger partial charge in [0.25, 0.3) is 0 Å². The molecule has 0 N–H and O–H groups in total. The summed E-state index contributed by atoms with van der Waals surface area (Å²) in [5, 5.41) is 0. The Balaban J connectivity index is 2.06. The molecule has 2 rings (SSSR count). The van der Waals surface area contributed by atoms with Crippen molar-refractivity contribution >= 4 is 5.97 Å². The van der Waals surface area contributed by atoms with Crippen LogP contribution < -0.4 is 0 Å². The Labute approximate surface area is 109 Å². The minimum absolute atomic E-state index is 0.254. The third kappa shape index (κ3) is 3.12. The molecule has 0 heterocycles. The summed E-state index contributed by atoms with van der Waals surface area (Å²) in [6.45, 7) is 2.35. The van der Waals surface area contributed by atoms with Crippen LogP contribution in [0.5, 0.6) is 0 Å². The third-order valence-electron chi connectivity index (χ3n) is 4.06. The van der Waals surface area contributed by atoms with Gasteiger partial charge in [-0.25, -0.2) is 4.79 Å². The topological polar surface area (TPSA) is 26.3 Å².